The van der Waals surface area contributed by atoms with Gasteiger partial charge in [0, 0.05) is 42.0 Å². The van der Waals surface area contributed by atoms with Gasteiger partial charge >= 0.3 is 0 Å². The van der Waals surface area contributed by atoms with Crippen molar-refractivity contribution in [2.75, 3.05) is 7.05 Å². The van der Waals surface area contributed by atoms with Gasteiger partial charge in [-0.2, -0.15) is 0 Å². The lowest BCUT2D eigenvalue weighted by Crippen LogP contribution is -2.42. The molecule has 32 heavy (non-hydrogen) atoms. The van der Waals surface area contributed by atoms with Gasteiger partial charge in [-0.1, -0.05) is 23.5 Å². The standard InChI is InChI=1S/C24H25N5O2S/c1-26-22(30)15-7-5-14(6-8-15)19-13-29-20-10-9-16(11-21(20)32-24(29)28-19)23(31)27-18-4-2-3-17(25)12-18/h5-11,13,17-18H,2-4,12,25H2,1H3,(H,26,30)(H,27,31). The Balaban J connectivity index is 1.38. The third kappa shape index (κ3) is 3.87. The smallest absolute Gasteiger partial charge is 0.251 e. The van der Waals surface area contributed by atoms with Gasteiger partial charge in [-0.05, 0) is 56.0 Å². The van der Waals surface area contributed by atoms with Crippen LogP contribution in [0.2, 0.25) is 0 Å². The summed E-state index contributed by atoms with van der Waals surface area (Å²) >= 11 is 1.55. The van der Waals surface area contributed by atoms with Crippen molar-refractivity contribution in [2.24, 2.45) is 5.73 Å². The highest BCUT2D eigenvalue weighted by Gasteiger charge is 2.21. The molecule has 1 saturated carbocycles. The van der Waals surface area contributed by atoms with Gasteiger partial charge in [0.1, 0.15) is 0 Å². The molecular formula is C24H25N5O2S. The van der Waals surface area contributed by atoms with Gasteiger partial charge < -0.3 is 16.4 Å². The topological polar surface area (TPSA) is 102 Å². The average Bonchev–Trinajstić information content (AvgIpc) is 3.36. The zero-order valence-corrected chi connectivity index (χ0v) is 18.6. The van der Waals surface area contributed by atoms with Crippen LogP contribution in [0.15, 0.2) is 48.7 Å². The first-order valence-corrected chi connectivity index (χ1v) is 11.6. The van der Waals surface area contributed by atoms with Crippen molar-refractivity contribution in [3.05, 3.63) is 59.8 Å². The van der Waals surface area contributed by atoms with Crippen LogP contribution < -0.4 is 16.4 Å². The Morgan fingerprint density at radius 3 is 2.62 bits per heavy atom. The minimum absolute atomic E-state index is 0.0473. The lowest BCUT2D eigenvalue weighted by molar-refractivity contribution is 0.0924. The van der Waals surface area contributed by atoms with E-state index in [1.54, 1.807) is 30.5 Å². The highest BCUT2D eigenvalue weighted by Crippen LogP contribution is 2.30. The highest BCUT2D eigenvalue weighted by molar-refractivity contribution is 7.23. The Bertz CT molecular complexity index is 1310. The van der Waals surface area contributed by atoms with Crippen LogP contribution in [-0.2, 0) is 0 Å². The monoisotopic (exact) mass is 447 g/mol. The van der Waals surface area contributed by atoms with Crippen LogP contribution >= 0.6 is 11.3 Å². The fraction of sp³-hybridized carbons (Fsp3) is 0.292. The summed E-state index contributed by atoms with van der Waals surface area (Å²) in [5.41, 5.74) is 10.1. The third-order valence-electron chi connectivity index (χ3n) is 6.08. The van der Waals surface area contributed by atoms with Crippen molar-refractivity contribution in [3.63, 3.8) is 0 Å². The predicted octanol–water partition coefficient (Wildman–Crippen LogP) is 3.58. The number of benzene rings is 2. The van der Waals surface area contributed by atoms with E-state index in [0.717, 1.165) is 52.1 Å². The summed E-state index contributed by atoms with van der Waals surface area (Å²) in [6.07, 6.45) is 5.92. The number of nitrogens with two attached hydrogens (primary N) is 1. The number of aromatic nitrogens is 2. The second-order valence-electron chi connectivity index (χ2n) is 8.32. The molecule has 4 aromatic rings. The van der Waals surface area contributed by atoms with E-state index in [-0.39, 0.29) is 23.9 Å². The summed E-state index contributed by atoms with van der Waals surface area (Å²) in [5.74, 6) is -0.159. The molecule has 8 heteroatoms. The number of hydrogen-bond acceptors (Lipinski definition) is 5. The molecule has 0 spiro atoms. The number of carbonyl (C=O) groups excluding carboxylic acids is 2. The summed E-state index contributed by atoms with van der Waals surface area (Å²) in [4.78, 5) is 30.1. The highest BCUT2D eigenvalue weighted by atomic mass is 32.1. The first kappa shape index (κ1) is 20.7. The van der Waals surface area contributed by atoms with Crippen LogP contribution in [0.3, 0.4) is 0 Å². The van der Waals surface area contributed by atoms with E-state index in [1.807, 2.05) is 40.9 Å². The largest absolute Gasteiger partial charge is 0.355 e. The van der Waals surface area contributed by atoms with Crippen molar-refractivity contribution in [3.8, 4) is 11.3 Å². The van der Waals surface area contributed by atoms with Gasteiger partial charge in [0.05, 0.1) is 15.9 Å². The van der Waals surface area contributed by atoms with E-state index in [1.165, 1.54) is 0 Å². The molecule has 4 N–H and O–H groups in total. The molecule has 7 nitrogen and oxygen atoms in total. The van der Waals surface area contributed by atoms with Crippen LogP contribution in [0.25, 0.3) is 26.4 Å². The third-order valence-corrected chi connectivity index (χ3v) is 7.09. The van der Waals surface area contributed by atoms with Crippen molar-refractivity contribution in [1.29, 1.82) is 0 Å². The van der Waals surface area contributed by atoms with Gasteiger partial charge in [0.15, 0.2) is 4.96 Å². The molecular weight excluding hydrogens is 422 g/mol. The van der Waals surface area contributed by atoms with Crippen molar-refractivity contribution < 1.29 is 9.59 Å². The summed E-state index contributed by atoms with van der Waals surface area (Å²) in [5, 5.41) is 5.76. The quantitative estimate of drug-likeness (QED) is 0.445. The Morgan fingerprint density at radius 2 is 1.88 bits per heavy atom. The normalized spacial score (nSPS) is 18.7. The minimum atomic E-state index is -0.112. The number of imidazole rings is 1. The molecule has 164 valence electrons. The molecule has 2 heterocycles. The molecule has 2 atom stereocenters. The number of amides is 2. The SMILES string of the molecule is CNC(=O)c1ccc(-c2cn3c(n2)sc2cc(C(=O)NC4CCCC(N)C4)ccc23)cc1. The Labute approximate surface area is 189 Å². The molecule has 0 aliphatic heterocycles. The zero-order chi connectivity index (χ0) is 22.2. The van der Waals surface area contributed by atoms with E-state index in [0.29, 0.717) is 11.1 Å². The molecule has 2 aromatic carbocycles. The van der Waals surface area contributed by atoms with Crippen LogP contribution in [0.1, 0.15) is 46.4 Å². The Hall–Kier alpha value is -3.23. The van der Waals surface area contributed by atoms with Crippen LogP contribution in [-0.4, -0.2) is 40.3 Å². The molecule has 0 radical (unpaired) electrons. The molecule has 2 amide bonds. The lowest BCUT2D eigenvalue weighted by Gasteiger charge is -2.27. The fourth-order valence-electron chi connectivity index (χ4n) is 4.35. The fourth-order valence-corrected chi connectivity index (χ4v) is 5.39. The van der Waals surface area contributed by atoms with Crippen molar-refractivity contribution >= 4 is 38.3 Å². The minimum Gasteiger partial charge on any atom is -0.355 e. The summed E-state index contributed by atoms with van der Waals surface area (Å²) in [6.45, 7) is 0. The van der Waals surface area contributed by atoms with E-state index < -0.39 is 0 Å². The Kier molecular flexibility index (Phi) is 5.40. The number of carbonyl (C=O) groups is 2. The van der Waals surface area contributed by atoms with Gasteiger partial charge in [0.2, 0.25) is 0 Å². The van der Waals surface area contributed by atoms with Crippen molar-refractivity contribution in [1.82, 2.24) is 20.0 Å². The Morgan fingerprint density at radius 1 is 1.09 bits per heavy atom. The summed E-state index contributed by atoms with van der Waals surface area (Å²) < 4.78 is 3.06. The second-order valence-corrected chi connectivity index (χ2v) is 9.33. The van der Waals surface area contributed by atoms with E-state index >= 15 is 0 Å². The number of hydrogen-bond donors (Lipinski definition) is 3. The number of fused-ring (bicyclic) bond motifs is 3. The maximum atomic E-state index is 12.8. The maximum Gasteiger partial charge on any atom is 0.251 e. The van der Waals surface area contributed by atoms with Crippen molar-refractivity contribution in [2.45, 2.75) is 37.8 Å². The molecule has 1 aliphatic carbocycles. The van der Waals surface area contributed by atoms with E-state index in [2.05, 4.69) is 10.6 Å². The molecule has 2 unspecified atom stereocenters. The molecule has 2 aromatic heterocycles. The molecule has 1 aliphatic rings. The summed E-state index contributed by atoms with van der Waals surface area (Å²) in [6, 6.07) is 13.5. The van der Waals surface area contributed by atoms with Gasteiger partial charge in [-0.15, -0.1) is 0 Å². The average molecular weight is 448 g/mol. The molecule has 1 fully saturated rings. The lowest BCUT2D eigenvalue weighted by atomic mass is 9.91. The number of rotatable bonds is 4. The predicted molar refractivity (Wildman–Crippen MR) is 127 cm³/mol. The molecule has 0 saturated heterocycles. The van der Waals surface area contributed by atoms with Crippen LogP contribution in [0.5, 0.6) is 0 Å². The first-order chi connectivity index (χ1) is 15.5. The number of nitrogens with one attached hydrogen (secondary N) is 2. The van der Waals surface area contributed by atoms with E-state index in [9.17, 15) is 9.59 Å². The van der Waals surface area contributed by atoms with Crippen LogP contribution in [0.4, 0.5) is 0 Å². The zero-order valence-electron chi connectivity index (χ0n) is 17.8. The van der Waals surface area contributed by atoms with Gasteiger partial charge in [0.25, 0.3) is 11.8 Å². The summed E-state index contributed by atoms with van der Waals surface area (Å²) in [7, 11) is 1.62. The van der Waals surface area contributed by atoms with Gasteiger partial charge in [-0.25, -0.2) is 4.98 Å². The number of nitrogens with zero attached hydrogens (tertiary/aromatic N) is 2. The van der Waals surface area contributed by atoms with Crippen LogP contribution in [0, 0.1) is 0 Å². The second kappa shape index (κ2) is 8.37. The number of thiazole rings is 1. The molecule has 5 rings (SSSR count). The van der Waals surface area contributed by atoms with Gasteiger partial charge in [-0.3, -0.25) is 14.0 Å². The first-order valence-electron chi connectivity index (χ1n) is 10.8. The van der Waals surface area contributed by atoms with E-state index in [4.69, 9.17) is 10.7 Å². The maximum absolute atomic E-state index is 12.8. The molecule has 0 bridgehead atoms.